The van der Waals surface area contributed by atoms with E-state index in [2.05, 4.69) is 36.0 Å². The lowest BCUT2D eigenvalue weighted by atomic mass is 9.96. The van der Waals surface area contributed by atoms with Gasteiger partial charge in [-0.25, -0.2) is 0 Å². The van der Waals surface area contributed by atoms with Gasteiger partial charge >= 0.3 is 0 Å². The first-order valence-corrected chi connectivity index (χ1v) is 8.40. The largest absolute Gasteiger partial charge is 0.323 e. The fourth-order valence-corrected chi connectivity index (χ4v) is 3.89. The minimum Gasteiger partial charge on any atom is -0.323 e. The normalized spacial score (nSPS) is 18.3. The summed E-state index contributed by atoms with van der Waals surface area (Å²) in [7, 11) is 0. The van der Waals surface area contributed by atoms with Gasteiger partial charge in [0.2, 0.25) is 0 Å². The number of nitrogens with zero attached hydrogens (tertiary/aromatic N) is 2. The van der Waals surface area contributed by atoms with Crippen LogP contribution in [0, 0.1) is 6.92 Å². The van der Waals surface area contributed by atoms with Crippen LogP contribution in [-0.4, -0.2) is 9.78 Å². The van der Waals surface area contributed by atoms with Crippen LogP contribution in [-0.2, 0) is 6.42 Å². The lowest BCUT2D eigenvalue weighted by molar-refractivity contribution is 0.328. The summed E-state index contributed by atoms with van der Waals surface area (Å²) in [5, 5.41) is 4.75. The Morgan fingerprint density at radius 1 is 1.30 bits per heavy atom. The van der Waals surface area contributed by atoms with Crippen LogP contribution in [0.5, 0.6) is 0 Å². The number of nitrogens with two attached hydrogens (primary N) is 1. The molecule has 0 radical (unpaired) electrons. The van der Waals surface area contributed by atoms with E-state index in [-0.39, 0.29) is 6.04 Å². The summed E-state index contributed by atoms with van der Waals surface area (Å²) in [5.41, 5.74) is 7.41. The molecule has 4 heteroatoms. The maximum absolute atomic E-state index is 6.29. The number of thiophene rings is 1. The second-order valence-corrected chi connectivity index (χ2v) is 7.16. The van der Waals surface area contributed by atoms with Gasteiger partial charge < -0.3 is 5.73 Å². The van der Waals surface area contributed by atoms with E-state index in [0.717, 1.165) is 12.1 Å². The number of aromatic nitrogens is 2. The average molecular weight is 289 g/mol. The molecular formula is C16H23N3S. The molecule has 1 atom stereocenters. The van der Waals surface area contributed by atoms with Crippen molar-refractivity contribution in [3.63, 3.8) is 0 Å². The molecule has 1 aliphatic carbocycles. The Morgan fingerprint density at radius 3 is 2.80 bits per heavy atom. The van der Waals surface area contributed by atoms with Gasteiger partial charge in [0.15, 0.2) is 0 Å². The monoisotopic (exact) mass is 289 g/mol. The van der Waals surface area contributed by atoms with Crippen molar-refractivity contribution in [1.82, 2.24) is 9.78 Å². The van der Waals surface area contributed by atoms with Gasteiger partial charge in [0.05, 0.1) is 11.7 Å². The summed E-state index contributed by atoms with van der Waals surface area (Å²) in [6.07, 6.45) is 9.58. The predicted molar refractivity (Wildman–Crippen MR) is 84.0 cm³/mol. The van der Waals surface area contributed by atoms with E-state index >= 15 is 0 Å². The first-order valence-electron chi connectivity index (χ1n) is 7.58. The smallest absolute Gasteiger partial charge is 0.0643 e. The maximum atomic E-state index is 6.29. The summed E-state index contributed by atoms with van der Waals surface area (Å²) in [4.78, 5) is 2.58. The van der Waals surface area contributed by atoms with Gasteiger partial charge in [-0.2, -0.15) is 5.10 Å². The molecule has 1 unspecified atom stereocenters. The summed E-state index contributed by atoms with van der Waals surface area (Å²) < 4.78 is 2.17. The zero-order valence-corrected chi connectivity index (χ0v) is 12.9. The van der Waals surface area contributed by atoms with Crippen LogP contribution in [0.25, 0.3) is 0 Å². The molecule has 2 N–H and O–H groups in total. The lowest BCUT2D eigenvalue weighted by Crippen LogP contribution is -2.15. The van der Waals surface area contributed by atoms with E-state index in [1.54, 1.807) is 11.3 Å². The van der Waals surface area contributed by atoms with Crippen LogP contribution in [0.3, 0.4) is 0 Å². The van der Waals surface area contributed by atoms with Crippen molar-refractivity contribution < 1.29 is 0 Å². The molecule has 20 heavy (non-hydrogen) atoms. The highest BCUT2D eigenvalue weighted by Gasteiger charge is 2.17. The van der Waals surface area contributed by atoms with Gasteiger partial charge in [0.1, 0.15) is 0 Å². The zero-order chi connectivity index (χ0) is 13.9. The minimum absolute atomic E-state index is 0.0726. The zero-order valence-electron chi connectivity index (χ0n) is 12.1. The molecule has 2 aromatic heterocycles. The lowest BCUT2D eigenvalue weighted by Gasteiger charge is -2.21. The molecule has 3 rings (SSSR count). The third-order valence-electron chi connectivity index (χ3n) is 4.17. The maximum Gasteiger partial charge on any atom is 0.0643 e. The van der Waals surface area contributed by atoms with Crippen molar-refractivity contribution in [3.05, 3.63) is 39.8 Å². The quantitative estimate of drug-likeness (QED) is 0.924. The third-order valence-corrected chi connectivity index (χ3v) is 5.30. The fraction of sp³-hybridized carbons (Fsp3) is 0.562. The number of rotatable bonds is 4. The highest BCUT2D eigenvalue weighted by molar-refractivity contribution is 7.12. The van der Waals surface area contributed by atoms with Crippen LogP contribution in [0.4, 0.5) is 0 Å². The molecule has 1 aliphatic rings. The van der Waals surface area contributed by atoms with Gasteiger partial charge in [-0.1, -0.05) is 19.3 Å². The minimum atomic E-state index is 0.0726. The highest BCUT2D eigenvalue weighted by atomic mass is 32.1. The molecule has 1 fully saturated rings. The molecule has 0 aliphatic heterocycles. The van der Waals surface area contributed by atoms with Crippen LogP contribution in [0.1, 0.15) is 59.6 Å². The van der Waals surface area contributed by atoms with Crippen molar-refractivity contribution in [1.29, 1.82) is 0 Å². The predicted octanol–water partition coefficient (Wildman–Crippen LogP) is 4.00. The first-order chi connectivity index (χ1) is 9.72. The third kappa shape index (κ3) is 3.13. The molecule has 0 bridgehead atoms. The van der Waals surface area contributed by atoms with Gasteiger partial charge in [-0.05, 0) is 38.0 Å². The average Bonchev–Trinajstić information content (AvgIpc) is 3.09. The summed E-state index contributed by atoms with van der Waals surface area (Å²) in [6.45, 7) is 2.12. The Bertz CT molecular complexity index is 552. The molecule has 3 nitrogen and oxygen atoms in total. The van der Waals surface area contributed by atoms with Crippen molar-refractivity contribution >= 4 is 11.3 Å². The van der Waals surface area contributed by atoms with Crippen molar-refractivity contribution in [2.24, 2.45) is 5.73 Å². The molecule has 0 amide bonds. The number of hydrogen-bond acceptors (Lipinski definition) is 3. The standard InChI is InChI=1S/C16H23N3S/c1-12-7-8-16(20-12)15(17)11-13-9-10-19(18-13)14-5-3-2-4-6-14/h7-10,14-15H,2-6,11,17H2,1H3. The topological polar surface area (TPSA) is 43.8 Å². The molecular weight excluding hydrogens is 266 g/mol. The molecule has 2 aromatic rings. The first kappa shape index (κ1) is 13.8. The second-order valence-electron chi connectivity index (χ2n) is 5.84. The van der Waals surface area contributed by atoms with E-state index in [0.29, 0.717) is 6.04 Å². The Labute approximate surface area is 124 Å². The van der Waals surface area contributed by atoms with Crippen LogP contribution in [0.15, 0.2) is 24.4 Å². The van der Waals surface area contributed by atoms with Crippen molar-refractivity contribution in [3.8, 4) is 0 Å². The molecule has 0 spiro atoms. The van der Waals surface area contributed by atoms with Gasteiger partial charge in [-0.3, -0.25) is 4.68 Å². The van der Waals surface area contributed by atoms with Crippen LogP contribution < -0.4 is 5.73 Å². The summed E-state index contributed by atoms with van der Waals surface area (Å²) in [6, 6.07) is 7.10. The Kier molecular flexibility index (Phi) is 4.22. The van der Waals surface area contributed by atoms with Crippen molar-refractivity contribution in [2.75, 3.05) is 0 Å². The Morgan fingerprint density at radius 2 is 2.10 bits per heavy atom. The molecule has 108 valence electrons. The number of aryl methyl sites for hydroxylation is 1. The Hall–Kier alpha value is -1.13. The van der Waals surface area contributed by atoms with Crippen molar-refractivity contribution in [2.45, 2.75) is 57.5 Å². The molecule has 2 heterocycles. The SMILES string of the molecule is Cc1ccc(C(N)Cc2ccn(C3CCCCC3)n2)s1. The fourth-order valence-electron chi connectivity index (χ4n) is 3.01. The summed E-state index contributed by atoms with van der Waals surface area (Å²) in [5.74, 6) is 0. The van der Waals surface area contributed by atoms with Gasteiger partial charge in [0.25, 0.3) is 0 Å². The van der Waals surface area contributed by atoms with Gasteiger partial charge in [0, 0.05) is 28.4 Å². The Balaban J connectivity index is 1.64. The second kappa shape index (κ2) is 6.10. The van der Waals surface area contributed by atoms with E-state index < -0.39 is 0 Å². The van der Waals surface area contributed by atoms with Crippen LogP contribution >= 0.6 is 11.3 Å². The number of hydrogen-bond donors (Lipinski definition) is 1. The van der Waals surface area contributed by atoms with Gasteiger partial charge in [-0.15, -0.1) is 11.3 Å². The summed E-state index contributed by atoms with van der Waals surface area (Å²) >= 11 is 1.79. The molecule has 0 aromatic carbocycles. The van der Waals surface area contributed by atoms with E-state index in [1.807, 2.05) is 0 Å². The van der Waals surface area contributed by atoms with Crippen LogP contribution in [0.2, 0.25) is 0 Å². The highest BCUT2D eigenvalue weighted by Crippen LogP contribution is 2.28. The molecule has 0 saturated heterocycles. The van der Waals surface area contributed by atoms with E-state index in [1.165, 1.54) is 41.9 Å². The molecule has 1 saturated carbocycles. The van der Waals surface area contributed by atoms with E-state index in [4.69, 9.17) is 10.8 Å². The van der Waals surface area contributed by atoms with E-state index in [9.17, 15) is 0 Å².